The fourth-order valence-electron chi connectivity index (χ4n) is 12.5. The van der Waals surface area contributed by atoms with Crippen LogP contribution in [0.4, 0.5) is 0 Å². The molecule has 4 fully saturated rings. The summed E-state index contributed by atoms with van der Waals surface area (Å²) in [5.74, 6) is 1.47. The summed E-state index contributed by atoms with van der Waals surface area (Å²) >= 11 is 0. The summed E-state index contributed by atoms with van der Waals surface area (Å²) in [5, 5.41) is 21.9. The smallest absolute Gasteiger partial charge is 0.335 e. The predicted octanol–water partition coefficient (Wildman–Crippen LogP) is 7.37. The quantitative estimate of drug-likeness (QED) is 0.263. The van der Waals surface area contributed by atoms with E-state index in [0.29, 0.717) is 54.8 Å². The zero-order valence-electron chi connectivity index (χ0n) is 28.7. The summed E-state index contributed by atoms with van der Waals surface area (Å²) in [6, 6.07) is 7.49. The first-order valence-electron chi connectivity index (χ1n) is 18.0. The summed E-state index contributed by atoms with van der Waals surface area (Å²) in [6.07, 6.45) is 13.9. The highest BCUT2D eigenvalue weighted by Crippen LogP contribution is 2.73. The highest BCUT2D eigenvalue weighted by Gasteiger charge is 2.66. The minimum atomic E-state index is -0.882. The van der Waals surface area contributed by atoms with Gasteiger partial charge in [0.25, 0.3) is 0 Å². The molecule has 0 aliphatic heterocycles. The average Bonchev–Trinajstić information content (AvgIpc) is 3.46. The Morgan fingerprint density at radius 1 is 0.870 bits per heavy atom. The molecule has 0 radical (unpaired) electrons. The second-order valence-corrected chi connectivity index (χ2v) is 16.6. The van der Waals surface area contributed by atoms with Gasteiger partial charge in [-0.15, -0.1) is 0 Å². The Kier molecular flexibility index (Phi) is 8.74. The molecular formula is C39H56N2O5. The van der Waals surface area contributed by atoms with Gasteiger partial charge < -0.3 is 15.5 Å². The van der Waals surface area contributed by atoms with Crippen molar-refractivity contribution >= 4 is 23.4 Å². The lowest BCUT2D eigenvalue weighted by atomic mass is 9.36. The van der Waals surface area contributed by atoms with Crippen molar-refractivity contribution in [1.82, 2.24) is 10.2 Å². The number of benzene rings is 1. The van der Waals surface area contributed by atoms with Gasteiger partial charge in [-0.3, -0.25) is 14.5 Å². The number of amides is 1. The van der Waals surface area contributed by atoms with Crippen LogP contribution in [-0.2, 0) is 9.59 Å². The average molecular weight is 633 g/mol. The standard InChI is InChI=1S/C39H56N2O5/c1-6-41(24-33(42)43)23-22-40-35(46)39-18-7-8-30(39)27-13-14-32-37(4,29(27)16-21-39)20-17-31-36(2,3)28(15-19-38(31,32)5)25-9-11-26(12-10-25)34(44)45/h9-12,15,27,29-32H,6-8,13-14,16-24H2,1-5H3,(H,40,46)(H,42,43)(H,44,45). The van der Waals surface area contributed by atoms with Crippen LogP contribution in [0.1, 0.15) is 115 Å². The Labute approximate surface area is 275 Å². The van der Waals surface area contributed by atoms with Crippen molar-refractivity contribution in [3.8, 4) is 0 Å². The molecule has 5 aliphatic rings. The number of allylic oxidation sites excluding steroid dienone is 2. The molecule has 7 nitrogen and oxygen atoms in total. The molecular weight excluding hydrogens is 576 g/mol. The topological polar surface area (TPSA) is 107 Å². The molecule has 4 saturated carbocycles. The van der Waals surface area contributed by atoms with Crippen LogP contribution in [0.5, 0.6) is 0 Å². The van der Waals surface area contributed by atoms with E-state index in [1.807, 2.05) is 24.0 Å². The zero-order chi connectivity index (χ0) is 33.1. The number of carboxylic acid groups (broad SMARTS) is 2. The van der Waals surface area contributed by atoms with Crippen LogP contribution in [-0.4, -0.2) is 59.1 Å². The third-order valence-corrected chi connectivity index (χ3v) is 14.5. The highest BCUT2D eigenvalue weighted by atomic mass is 16.4. The molecule has 0 saturated heterocycles. The molecule has 252 valence electrons. The molecule has 0 spiro atoms. The Bertz CT molecular complexity index is 1380. The summed E-state index contributed by atoms with van der Waals surface area (Å²) in [6.45, 7) is 13.8. The second-order valence-electron chi connectivity index (χ2n) is 16.6. The molecule has 8 atom stereocenters. The van der Waals surface area contributed by atoms with Crippen LogP contribution in [0.15, 0.2) is 30.3 Å². The van der Waals surface area contributed by atoms with Gasteiger partial charge in [0, 0.05) is 13.1 Å². The third kappa shape index (κ3) is 5.23. The minimum absolute atomic E-state index is 0.000992. The normalized spacial score (nSPS) is 37.7. The number of nitrogens with one attached hydrogen (secondary N) is 1. The summed E-state index contributed by atoms with van der Waals surface area (Å²) < 4.78 is 0. The third-order valence-electron chi connectivity index (χ3n) is 14.5. The monoisotopic (exact) mass is 632 g/mol. The Hall–Kier alpha value is -2.67. The molecule has 0 heterocycles. The molecule has 3 N–H and O–H groups in total. The number of carbonyl (C=O) groups excluding carboxylic acids is 1. The van der Waals surface area contributed by atoms with Crippen LogP contribution in [0.3, 0.4) is 0 Å². The maximum atomic E-state index is 14.0. The summed E-state index contributed by atoms with van der Waals surface area (Å²) in [7, 11) is 0. The van der Waals surface area contributed by atoms with Crippen LogP contribution in [0.25, 0.3) is 5.57 Å². The van der Waals surface area contributed by atoms with E-state index >= 15 is 0 Å². The fourth-order valence-corrected chi connectivity index (χ4v) is 12.5. The number of fused-ring (bicyclic) bond motifs is 7. The SMILES string of the molecule is CCN(CCNC(=O)C12CCCC1C1CCC3C(C)(CCC4C(C)(C)C(c5ccc(C(=O)O)cc5)=CCC43C)C1CC2)CC(=O)O. The van der Waals surface area contributed by atoms with Gasteiger partial charge in [-0.25, -0.2) is 4.79 Å². The number of nitrogens with zero attached hydrogens (tertiary/aromatic N) is 1. The number of aromatic carboxylic acids is 1. The number of likely N-dealkylation sites (N-methyl/N-ethyl adjacent to an activating group) is 1. The van der Waals surface area contributed by atoms with Crippen LogP contribution >= 0.6 is 0 Å². The first-order valence-corrected chi connectivity index (χ1v) is 18.0. The fraction of sp³-hybridized carbons (Fsp3) is 0.718. The zero-order valence-corrected chi connectivity index (χ0v) is 28.7. The number of carboxylic acids is 2. The van der Waals surface area contributed by atoms with Gasteiger partial charge >= 0.3 is 11.9 Å². The van der Waals surface area contributed by atoms with E-state index < -0.39 is 11.9 Å². The molecule has 1 amide bonds. The van der Waals surface area contributed by atoms with Crippen molar-refractivity contribution in [3.05, 3.63) is 41.5 Å². The van der Waals surface area contributed by atoms with Crippen LogP contribution in [0.2, 0.25) is 0 Å². The van der Waals surface area contributed by atoms with Gasteiger partial charge in [-0.2, -0.15) is 0 Å². The number of hydrogen-bond acceptors (Lipinski definition) is 4. The van der Waals surface area contributed by atoms with E-state index in [0.717, 1.165) is 44.1 Å². The molecule has 7 heteroatoms. The molecule has 1 aromatic rings. The van der Waals surface area contributed by atoms with Crippen molar-refractivity contribution in [2.45, 2.75) is 98.8 Å². The molecule has 1 aromatic carbocycles. The van der Waals surface area contributed by atoms with E-state index in [-0.39, 0.29) is 34.1 Å². The summed E-state index contributed by atoms with van der Waals surface area (Å²) in [5.41, 5.74) is 3.10. The van der Waals surface area contributed by atoms with Crippen molar-refractivity contribution in [3.63, 3.8) is 0 Å². The number of hydrogen-bond donors (Lipinski definition) is 3. The predicted molar refractivity (Wildman–Crippen MR) is 180 cm³/mol. The largest absolute Gasteiger partial charge is 0.480 e. The van der Waals surface area contributed by atoms with Crippen molar-refractivity contribution in [1.29, 1.82) is 0 Å². The maximum absolute atomic E-state index is 14.0. The van der Waals surface area contributed by atoms with Gasteiger partial charge in [0.15, 0.2) is 0 Å². The lowest BCUT2D eigenvalue weighted by Crippen LogP contribution is -2.62. The Morgan fingerprint density at radius 2 is 1.61 bits per heavy atom. The number of rotatable bonds is 9. The Morgan fingerprint density at radius 3 is 2.28 bits per heavy atom. The van der Waals surface area contributed by atoms with Crippen LogP contribution < -0.4 is 5.32 Å². The first-order chi connectivity index (χ1) is 21.8. The molecule has 8 unspecified atom stereocenters. The summed E-state index contributed by atoms with van der Waals surface area (Å²) in [4.78, 5) is 38.5. The van der Waals surface area contributed by atoms with E-state index in [2.05, 4.69) is 39.1 Å². The van der Waals surface area contributed by atoms with E-state index in [4.69, 9.17) is 0 Å². The molecule has 46 heavy (non-hydrogen) atoms. The van der Waals surface area contributed by atoms with Gasteiger partial charge in [0.2, 0.25) is 5.91 Å². The minimum Gasteiger partial charge on any atom is -0.480 e. The van der Waals surface area contributed by atoms with Gasteiger partial charge in [-0.05, 0) is 133 Å². The van der Waals surface area contributed by atoms with Crippen LogP contribution in [0, 0.1) is 51.2 Å². The van der Waals surface area contributed by atoms with Crippen molar-refractivity contribution in [2.75, 3.05) is 26.2 Å². The maximum Gasteiger partial charge on any atom is 0.335 e. The Balaban J connectivity index is 1.20. The van der Waals surface area contributed by atoms with Gasteiger partial charge in [0.1, 0.15) is 0 Å². The van der Waals surface area contributed by atoms with E-state index in [1.165, 1.54) is 31.3 Å². The molecule has 0 bridgehead atoms. The van der Waals surface area contributed by atoms with Gasteiger partial charge in [-0.1, -0.05) is 59.2 Å². The van der Waals surface area contributed by atoms with Crippen molar-refractivity contribution in [2.24, 2.45) is 51.2 Å². The van der Waals surface area contributed by atoms with Gasteiger partial charge in [0.05, 0.1) is 17.5 Å². The lowest BCUT2D eigenvalue weighted by molar-refractivity contribution is -0.181. The molecule has 0 aromatic heterocycles. The molecule has 6 rings (SSSR count). The number of carbonyl (C=O) groups is 3. The van der Waals surface area contributed by atoms with Crippen molar-refractivity contribution < 1.29 is 24.6 Å². The second kappa shape index (κ2) is 12.1. The highest BCUT2D eigenvalue weighted by molar-refractivity contribution is 5.88. The first kappa shape index (κ1) is 33.2. The van der Waals surface area contributed by atoms with E-state index in [1.54, 1.807) is 12.1 Å². The van der Waals surface area contributed by atoms with E-state index in [9.17, 15) is 24.6 Å². The number of aliphatic carboxylic acids is 1. The lowest BCUT2D eigenvalue weighted by Gasteiger charge is -2.68. The molecule has 5 aliphatic carbocycles.